The first-order valence-corrected chi connectivity index (χ1v) is 7.22. The van der Waals surface area contributed by atoms with Gasteiger partial charge in [0.25, 0.3) is 10.0 Å². The van der Waals surface area contributed by atoms with Crippen LogP contribution < -0.4 is 4.72 Å². The predicted molar refractivity (Wildman–Crippen MR) is 71.6 cm³/mol. The maximum Gasteiger partial charge on any atom is 0.265 e. The number of nitrogens with one attached hydrogen (secondary N) is 1. The van der Waals surface area contributed by atoms with Crippen molar-refractivity contribution in [3.8, 4) is 5.75 Å². The van der Waals surface area contributed by atoms with E-state index < -0.39 is 21.6 Å². The van der Waals surface area contributed by atoms with Crippen molar-refractivity contribution >= 4 is 15.7 Å². The molecule has 2 aromatic rings. The number of phenolic OH excluding ortho intramolecular Hbond substituents is 1. The van der Waals surface area contributed by atoms with E-state index in [4.69, 9.17) is 0 Å². The van der Waals surface area contributed by atoms with E-state index in [-0.39, 0.29) is 10.6 Å². The van der Waals surface area contributed by atoms with Crippen LogP contribution in [0.15, 0.2) is 23.1 Å². The van der Waals surface area contributed by atoms with E-state index in [1.165, 1.54) is 4.68 Å². The van der Waals surface area contributed by atoms with Gasteiger partial charge in [-0.25, -0.2) is 12.8 Å². The maximum absolute atomic E-state index is 12.9. The van der Waals surface area contributed by atoms with Crippen molar-refractivity contribution < 1.29 is 17.9 Å². The lowest BCUT2D eigenvalue weighted by Gasteiger charge is -2.10. The Hall–Kier alpha value is -2.09. The van der Waals surface area contributed by atoms with Gasteiger partial charge in [0.1, 0.15) is 16.5 Å². The van der Waals surface area contributed by atoms with Crippen LogP contribution in [0, 0.1) is 19.7 Å². The number of rotatable bonds is 3. The zero-order valence-corrected chi connectivity index (χ0v) is 12.0. The van der Waals surface area contributed by atoms with Gasteiger partial charge in [-0.1, -0.05) is 0 Å². The molecule has 2 rings (SSSR count). The molecule has 2 N–H and O–H groups in total. The zero-order valence-electron chi connectivity index (χ0n) is 11.2. The highest BCUT2D eigenvalue weighted by Crippen LogP contribution is 2.28. The number of anilines is 1. The van der Waals surface area contributed by atoms with Gasteiger partial charge in [-0.15, -0.1) is 0 Å². The van der Waals surface area contributed by atoms with Crippen LogP contribution in [0.2, 0.25) is 0 Å². The fourth-order valence-electron chi connectivity index (χ4n) is 1.93. The van der Waals surface area contributed by atoms with Gasteiger partial charge in [0.15, 0.2) is 0 Å². The second kappa shape index (κ2) is 4.78. The molecule has 6 nitrogen and oxygen atoms in total. The summed E-state index contributed by atoms with van der Waals surface area (Å²) in [6.45, 7) is 3.20. The molecule has 0 fully saturated rings. The fraction of sp³-hybridized carbons (Fsp3) is 0.250. The largest absolute Gasteiger partial charge is 0.506 e. The summed E-state index contributed by atoms with van der Waals surface area (Å²) < 4.78 is 41.2. The monoisotopic (exact) mass is 299 g/mol. The number of benzene rings is 1. The van der Waals surface area contributed by atoms with Gasteiger partial charge < -0.3 is 5.11 Å². The second-order valence-corrected chi connectivity index (χ2v) is 6.01. The Labute approximate surface area is 115 Å². The van der Waals surface area contributed by atoms with Crippen LogP contribution in [0.1, 0.15) is 11.4 Å². The number of hydrogen-bond acceptors (Lipinski definition) is 4. The normalized spacial score (nSPS) is 11.6. The quantitative estimate of drug-likeness (QED) is 0.845. The number of aromatic hydroxyl groups is 1. The average molecular weight is 299 g/mol. The van der Waals surface area contributed by atoms with Crippen LogP contribution in [0.5, 0.6) is 5.75 Å². The molecule has 108 valence electrons. The lowest BCUT2D eigenvalue weighted by molar-refractivity contribution is 0.471. The SMILES string of the molecule is Cc1nn(C)c(C)c1S(=O)(=O)Nc1ccc(F)cc1O. The summed E-state index contributed by atoms with van der Waals surface area (Å²) in [4.78, 5) is 0.0451. The summed E-state index contributed by atoms with van der Waals surface area (Å²) in [5, 5.41) is 13.6. The number of halogens is 1. The third-order valence-electron chi connectivity index (χ3n) is 2.92. The summed E-state index contributed by atoms with van der Waals surface area (Å²) in [6.07, 6.45) is 0. The van der Waals surface area contributed by atoms with E-state index >= 15 is 0 Å². The highest BCUT2D eigenvalue weighted by Gasteiger charge is 2.24. The van der Waals surface area contributed by atoms with E-state index in [9.17, 15) is 17.9 Å². The van der Waals surface area contributed by atoms with Crippen LogP contribution in [0.25, 0.3) is 0 Å². The Bertz CT molecular complexity index is 768. The third-order valence-corrected chi connectivity index (χ3v) is 4.53. The van der Waals surface area contributed by atoms with E-state index in [1.807, 2.05) is 0 Å². The summed E-state index contributed by atoms with van der Waals surface area (Å²) in [7, 11) is -2.27. The molecule has 0 saturated carbocycles. The number of aromatic nitrogens is 2. The molecule has 0 aliphatic rings. The number of nitrogens with zero attached hydrogens (tertiary/aromatic N) is 2. The van der Waals surface area contributed by atoms with Gasteiger partial charge in [0, 0.05) is 13.1 Å². The van der Waals surface area contributed by atoms with Crippen LogP contribution >= 0.6 is 0 Å². The zero-order chi connectivity index (χ0) is 15.1. The molecule has 0 saturated heterocycles. The lowest BCUT2D eigenvalue weighted by atomic mass is 10.3. The molecular weight excluding hydrogens is 285 g/mol. The Kier molecular flexibility index (Phi) is 3.43. The van der Waals surface area contributed by atoms with Crippen LogP contribution in [0.3, 0.4) is 0 Å². The molecule has 0 bridgehead atoms. The molecule has 8 heteroatoms. The minimum atomic E-state index is -3.90. The minimum absolute atomic E-state index is 0.0451. The fourth-order valence-corrected chi connectivity index (χ4v) is 3.44. The molecule has 0 spiro atoms. The first-order chi connectivity index (χ1) is 9.22. The van der Waals surface area contributed by atoms with Gasteiger partial charge in [0.2, 0.25) is 0 Å². The van der Waals surface area contributed by atoms with E-state index in [2.05, 4.69) is 9.82 Å². The third kappa shape index (κ3) is 2.46. The molecule has 1 aromatic carbocycles. The van der Waals surface area contributed by atoms with E-state index in [0.29, 0.717) is 11.4 Å². The van der Waals surface area contributed by atoms with Crippen molar-refractivity contribution in [3.63, 3.8) is 0 Å². The summed E-state index contributed by atoms with van der Waals surface area (Å²) in [6, 6.07) is 3.05. The molecule has 0 atom stereocenters. The van der Waals surface area contributed by atoms with Crippen molar-refractivity contribution in [1.29, 1.82) is 0 Å². The summed E-state index contributed by atoms with van der Waals surface area (Å²) in [5.41, 5.74) is 0.727. The number of sulfonamides is 1. The Morgan fingerprint density at radius 2 is 2.00 bits per heavy atom. The van der Waals surface area contributed by atoms with Crippen molar-refractivity contribution in [1.82, 2.24) is 9.78 Å². The van der Waals surface area contributed by atoms with Crippen molar-refractivity contribution in [2.45, 2.75) is 18.7 Å². The van der Waals surface area contributed by atoms with Gasteiger partial charge >= 0.3 is 0 Å². The molecular formula is C12H14FN3O3S. The minimum Gasteiger partial charge on any atom is -0.506 e. The molecule has 1 heterocycles. The van der Waals surface area contributed by atoms with Gasteiger partial charge in [-0.05, 0) is 26.0 Å². The van der Waals surface area contributed by atoms with Gasteiger partial charge in [-0.2, -0.15) is 5.10 Å². The van der Waals surface area contributed by atoms with Crippen LogP contribution in [0.4, 0.5) is 10.1 Å². The molecule has 0 amide bonds. The Morgan fingerprint density at radius 3 is 2.50 bits per heavy atom. The number of hydrogen-bond donors (Lipinski definition) is 2. The van der Waals surface area contributed by atoms with Gasteiger partial charge in [0.05, 0.1) is 17.1 Å². The van der Waals surface area contributed by atoms with Crippen molar-refractivity contribution in [2.75, 3.05) is 4.72 Å². The van der Waals surface area contributed by atoms with E-state index in [0.717, 1.165) is 18.2 Å². The average Bonchev–Trinajstić information content (AvgIpc) is 2.57. The smallest absolute Gasteiger partial charge is 0.265 e. The maximum atomic E-state index is 12.9. The summed E-state index contributed by atoms with van der Waals surface area (Å²) >= 11 is 0. The first kappa shape index (κ1) is 14.3. The van der Waals surface area contributed by atoms with Crippen molar-refractivity contribution in [3.05, 3.63) is 35.4 Å². The number of aryl methyl sites for hydroxylation is 2. The number of phenols is 1. The molecule has 0 unspecified atom stereocenters. The highest BCUT2D eigenvalue weighted by atomic mass is 32.2. The van der Waals surface area contributed by atoms with Crippen LogP contribution in [-0.2, 0) is 17.1 Å². The van der Waals surface area contributed by atoms with Crippen molar-refractivity contribution in [2.24, 2.45) is 7.05 Å². The Morgan fingerprint density at radius 1 is 1.35 bits per heavy atom. The van der Waals surface area contributed by atoms with E-state index in [1.54, 1.807) is 20.9 Å². The molecule has 20 heavy (non-hydrogen) atoms. The molecule has 1 aromatic heterocycles. The predicted octanol–water partition coefficient (Wildman–Crippen LogP) is 1.68. The van der Waals surface area contributed by atoms with Gasteiger partial charge in [-0.3, -0.25) is 9.40 Å². The first-order valence-electron chi connectivity index (χ1n) is 5.74. The van der Waals surface area contributed by atoms with Crippen LogP contribution in [-0.4, -0.2) is 23.3 Å². The second-order valence-electron chi connectivity index (χ2n) is 4.39. The molecule has 0 aliphatic carbocycles. The standard InChI is InChI=1S/C12H14FN3O3S/c1-7-12(8(2)16(3)14-7)20(18,19)15-10-5-4-9(13)6-11(10)17/h4-6,15,17H,1-3H3. The topological polar surface area (TPSA) is 84.2 Å². The molecule has 0 aliphatic heterocycles. The Balaban J connectivity index is 2.46. The lowest BCUT2D eigenvalue weighted by Crippen LogP contribution is -2.15. The molecule has 0 radical (unpaired) electrons. The summed E-state index contributed by atoms with van der Waals surface area (Å²) in [5.74, 6) is -1.13. The highest BCUT2D eigenvalue weighted by molar-refractivity contribution is 7.92.